The highest BCUT2D eigenvalue weighted by Gasteiger charge is 2.40. The summed E-state index contributed by atoms with van der Waals surface area (Å²) in [5.41, 5.74) is -0.366. The lowest BCUT2D eigenvalue weighted by Crippen LogP contribution is -2.59. The molecule has 1 saturated heterocycles. The Morgan fingerprint density at radius 2 is 2.21 bits per heavy atom. The van der Waals surface area contributed by atoms with E-state index in [-0.39, 0.29) is 18.4 Å². The molecular weight excluding hydrogens is 246 g/mol. The molecule has 104 valence electrons. The van der Waals surface area contributed by atoms with Crippen LogP contribution in [0.5, 0.6) is 0 Å². The molecule has 1 aromatic rings. The number of hydrogen-bond acceptors (Lipinski definition) is 3. The zero-order chi connectivity index (χ0) is 14.0. The van der Waals surface area contributed by atoms with Crippen LogP contribution in [0.1, 0.15) is 17.4 Å². The molecule has 2 heterocycles. The van der Waals surface area contributed by atoms with Crippen LogP contribution in [-0.2, 0) is 16.6 Å². The highest BCUT2D eigenvalue weighted by atomic mass is 16.5. The number of nitrogens with one attached hydrogen (secondary N) is 1. The van der Waals surface area contributed by atoms with Crippen LogP contribution in [0.2, 0.25) is 0 Å². The van der Waals surface area contributed by atoms with Gasteiger partial charge in [-0.25, -0.2) is 0 Å². The van der Waals surface area contributed by atoms with Crippen molar-refractivity contribution in [3.05, 3.63) is 24.0 Å². The SMILES string of the molecule is CNC(=O)[C@]1(C)CN(C(=O)c2cccn2C)CCO1. The Morgan fingerprint density at radius 1 is 1.47 bits per heavy atom. The second kappa shape index (κ2) is 5.05. The number of carbonyl (C=O) groups is 2. The lowest BCUT2D eigenvalue weighted by molar-refractivity contribution is -0.153. The Kier molecular flexibility index (Phi) is 3.61. The van der Waals surface area contributed by atoms with Gasteiger partial charge >= 0.3 is 0 Å². The summed E-state index contributed by atoms with van der Waals surface area (Å²) in [7, 11) is 3.39. The van der Waals surface area contributed by atoms with Gasteiger partial charge in [-0.15, -0.1) is 0 Å². The molecule has 1 aromatic heterocycles. The zero-order valence-corrected chi connectivity index (χ0v) is 11.5. The molecule has 6 nitrogen and oxygen atoms in total. The van der Waals surface area contributed by atoms with Gasteiger partial charge in [0, 0.05) is 26.8 Å². The summed E-state index contributed by atoms with van der Waals surface area (Å²) >= 11 is 0. The van der Waals surface area contributed by atoms with Crippen LogP contribution in [0.25, 0.3) is 0 Å². The van der Waals surface area contributed by atoms with E-state index in [2.05, 4.69) is 5.32 Å². The summed E-state index contributed by atoms with van der Waals surface area (Å²) in [4.78, 5) is 25.9. The van der Waals surface area contributed by atoms with Gasteiger partial charge in [0.25, 0.3) is 11.8 Å². The smallest absolute Gasteiger partial charge is 0.270 e. The average Bonchev–Trinajstić information content (AvgIpc) is 2.83. The number of rotatable bonds is 2. The van der Waals surface area contributed by atoms with E-state index in [1.54, 1.807) is 29.5 Å². The van der Waals surface area contributed by atoms with E-state index >= 15 is 0 Å². The van der Waals surface area contributed by atoms with Crippen LogP contribution < -0.4 is 5.32 Å². The van der Waals surface area contributed by atoms with Crippen LogP contribution in [0.4, 0.5) is 0 Å². The Bertz CT molecular complexity index is 497. The van der Waals surface area contributed by atoms with Gasteiger partial charge in [-0.3, -0.25) is 9.59 Å². The zero-order valence-electron chi connectivity index (χ0n) is 11.5. The number of carbonyl (C=O) groups excluding carboxylic acids is 2. The van der Waals surface area contributed by atoms with Crippen molar-refractivity contribution >= 4 is 11.8 Å². The van der Waals surface area contributed by atoms with Crippen molar-refractivity contribution in [3.8, 4) is 0 Å². The Labute approximate surface area is 112 Å². The van der Waals surface area contributed by atoms with E-state index in [0.29, 0.717) is 18.8 Å². The van der Waals surface area contributed by atoms with E-state index in [1.807, 2.05) is 19.3 Å². The van der Waals surface area contributed by atoms with Crippen LogP contribution in [0.3, 0.4) is 0 Å². The maximum Gasteiger partial charge on any atom is 0.270 e. The number of hydrogen-bond donors (Lipinski definition) is 1. The third kappa shape index (κ3) is 2.49. The van der Waals surface area contributed by atoms with Crippen LogP contribution >= 0.6 is 0 Å². The maximum absolute atomic E-state index is 12.4. The average molecular weight is 265 g/mol. The normalized spacial score (nSPS) is 23.2. The van der Waals surface area contributed by atoms with Gasteiger partial charge in [0.1, 0.15) is 5.69 Å². The van der Waals surface area contributed by atoms with Crippen LogP contribution in [0.15, 0.2) is 18.3 Å². The van der Waals surface area contributed by atoms with Crippen molar-refractivity contribution < 1.29 is 14.3 Å². The summed E-state index contributed by atoms with van der Waals surface area (Å²) in [5.74, 6) is -0.289. The van der Waals surface area contributed by atoms with E-state index in [0.717, 1.165) is 0 Å². The van der Waals surface area contributed by atoms with Gasteiger partial charge in [0.2, 0.25) is 0 Å². The van der Waals surface area contributed by atoms with Crippen molar-refractivity contribution in [2.75, 3.05) is 26.7 Å². The molecule has 1 fully saturated rings. The second-order valence-corrected chi connectivity index (χ2v) is 4.89. The van der Waals surface area contributed by atoms with Gasteiger partial charge in [0.05, 0.1) is 13.2 Å². The Hall–Kier alpha value is -1.82. The maximum atomic E-state index is 12.4. The molecule has 1 aliphatic rings. The van der Waals surface area contributed by atoms with E-state index in [1.165, 1.54) is 0 Å². The van der Waals surface area contributed by atoms with E-state index in [4.69, 9.17) is 4.74 Å². The fourth-order valence-electron chi connectivity index (χ4n) is 2.29. The summed E-state index contributed by atoms with van der Waals surface area (Å²) in [5, 5.41) is 2.57. The molecule has 0 spiro atoms. The third-order valence-electron chi connectivity index (χ3n) is 3.43. The molecular formula is C13H19N3O3. The predicted octanol–water partition coefficient (Wildman–Crippen LogP) is 0.00220. The first-order valence-electron chi connectivity index (χ1n) is 6.25. The summed E-state index contributed by atoms with van der Waals surface area (Å²) in [6, 6.07) is 3.60. The molecule has 2 amide bonds. The van der Waals surface area contributed by atoms with Crippen molar-refractivity contribution in [2.24, 2.45) is 7.05 Å². The predicted molar refractivity (Wildman–Crippen MR) is 69.7 cm³/mol. The molecule has 1 aliphatic heterocycles. The molecule has 0 aliphatic carbocycles. The van der Waals surface area contributed by atoms with Gasteiger partial charge in [-0.1, -0.05) is 0 Å². The second-order valence-electron chi connectivity index (χ2n) is 4.89. The molecule has 6 heteroatoms. The largest absolute Gasteiger partial charge is 0.362 e. The minimum atomic E-state index is -0.978. The third-order valence-corrected chi connectivity index (χ3v) is 3.43. The molecule has 2 rings (SSSR count). The van der Waals surface area contributed by atoms with Crippen molar-refractivity contribution in [3.63, 3.8) is 0 Å². The number of amides is 2. The van der Waals surface area contributed by atoms with E-state index in [9.17, 15) is 9.59 Å². The van der Waals surface area contributed by atoms with Crippen LogP contribution in [0, 0.1) is 0 Å². The number of likely N-dealkylation sites (N-methyl/N-ethyl adjacent to an activating group) is 1. The van der Waals surface area contributed by atoms with Gasteiger partial charge in [-0.2, -0.15) is 0 Å². The van der Waals surface area contributed by atoms with Gasteiger partial charge in [-0.05, 0) is 19.1 Å². The topological polar surface area (TPSA) is 63.6 Å². The fourth-order valence-corrected chi connectivity index (χ4v) is 2.29. The van der Waals surface area contributed by atoms with Crippen molar-refractivity contribution in [1.82, 2.24) is 14.8 Å². The molecule has 1 atom stereocenters. The van der Waals surface area contributed by atoms with E-state index < -0.39 is 5.60 Å². The van der Waals surface area contributed by atoms with Gasteiger partial charge < -0.3 is 19.5 Å². The Balaban J connectivity index is 2.16. The van der Waals surface area contributed by atoms with Gasteiger partial charge in [0.15, 0.2) is 5.60 Å². The monoisotopic (exact) mass is 265 g/mol. The standard InChI is InChI=1S/C13H19N3O3/c1-13(12(18)14-2)9-16(7-8-19-13)11(17)10-5-4-6-15(10)3/h4-6H,7-9H2,1-3H3,(H,14,18)/t13-/m0/s1. The molecule has 0 bridgehead atoms. The number of ether oxygens (including phenoxy) is 1. The number of aryl methyl sites for hydroxylation is 1. The summed E-state index contributed by atoms with van der Waals surface area (Å²) in [6.45, 7) is 2.82. The van der Waals surface area contributed by atoms with Crippen molar-refractivity contribution in [2.45, 2.75) is 12.5 Å². The Morgan fingerprint density at radius 3 is 2.79 bits per heavy atom. The lowest BCUT2D eigenvalue weighted by Gasteiger charge is -2.39. The van der Waals surface area contributed by atoms with Crippen LogP contribution in [-0.4, -0.2) is 53.6 Å². The highest BCUT2D eigenvalue weighted by Crippen LogP contribution is 2.19. The number of morpholine rings is 1. The first kappa shape index (κ1) is 13.6. The molecule has 0 aromatic carbocycles. The van der Waals surface area contributed by atoms with Crippen molar-refractivity contribution in [1.29, 1.82) is 0 Å². The minimum absolute atomic E-state index is 0.0778. The molecule has 0 radical (unpaired) electrons. The molecule has 19 heavy (non-hydrogen) atoms. The lowest BCUT2D eigenvalue weighted by atomic mass is 10.0. The highest BCUT2D eigenvalue weighted by molar-refractivity contribution is 5.94. The first-order valence-corrected chi connectivity index (χ1v) is 6.25. The first-order chi connectivity index (χ1) is 8.98. The summed E-state index contributed by atoms with van der Waals surface area (Å²) < 4.78 is 7.31. The quantitative estimate of drug-likeness (QED) is 0.819. The molecule has 0 saturated carbocycles. The number of nitrogens with zero attached hydrogens (tertiary/aromatic N) is 2. The fraction of sp³-hybridized carbons (Fsp3) is 0.538. The molecule has 0 unspecified atom stereocenters. The minimum Gasteiger partial charge on any atom is -0.362 e. The number of aromatic nitrogens is 1. The molecule has 1 N–H and O–H groups in total. The summed E-state index contributed by atoms with van der Waals surface area (Å²) in [6.07, 6.45) is 1.83.